The molecule has 2 atom stereocenters. The molecule has 0 aromatic rings. The fourth-order valence-electron chi connectivity index (χ4n) is 2.17. The molecule has 0 bridgehead atoms. The average molecular weight is 242 g/mol. The number of carbonyl (C=O) groups is 1. The Kier molecular flexibility index (Phi) is 5.92. The summed E-state index contributed by atoms with van der Waals surface area (Å²) in [7, 11) is 0. The van der Waals surface area contributed by atoms with Crippen LogP contribution < -0.4 is 5.32 Å². The SMILES string of the molecule is CC(C)NCCCC(=O)N1CC(C)OC(C)C1. The third-order valence-electron chi connectivity index (χ3n) is 2.89. The van der Waals surface area contributed by atoms with E-state index in [1.165, 1.54) is 0 Å². The molecule has 0 aliphatic carbocycles. The van der Waals surface area contributed by atoms with Crippen LogP contribution in [0, 0.1) is 0 Å². The second-order valence-electron chi connectivity index (χ2n) is 5.27. The molecular weight excluding hydrogens is 216 g/mol. The molecule has 0 spiro atoms. The Hall–Kier alpha value is -0.610. The summed E-state index contributed by atoms with van der Waals surface area (Å²) in [5.74, 6) is 0.262. The molecule has 1 fully saturated rings. The molecular formula is C13H26N2O2. The summed E-state index contributed by atoms with van der Waals surface area (Å²) in [6.07, 6.45) is 1.88. The van der Waals surface area contributed by atoms with E-state index in [1.54, 1.807) is 0 Å². The number of nitrogens with one attached hydrogen (secondary N) is 1. The molecule has 1 saturated heterocycles. The van der Waals surface area contributed by atoms with Gasteiger partial charge in [-0.25, -0.2) is 0 Å². The van der Waals surface area contributed by atoms with Crippen LogP contribution in [0.15, 0.2) is 0 Å². The number of morpholine rings is 1. The Bertz CT molecular complexity index is 234. The van der Waals surface area contributed by atoms with Crippen LogP contribution in [-0.2, 0) is 9.53 Å². The summed E-state index contributed by atoms with van der Waals surface area (Å²) >= 11 is 0. The van der Waals surface area contributed by atoms with Crippen LogP contribution in [0.4, 0.5) is 0 Å². The monoisotopic (exact) mass is 242 g/mol. The zero-order valence-corrected chi connectivity index (χ0v) is 11.5. The van der Waals surface area contributed by atoms with Crippen molar-refractivity contribution in [1.82, 2.24) is 10.2 Å². The summed E-state index contributed by atoms with van der Waals surface area (Å²) in [5, 5.41) is 3.33. The van der Waals surface area contributed by atoms with Crippen molar-refractivity contribution in [3.8, 4) is 0 Å². The zero-order valence-electron chi connectivity index (χ0n) is 11.5. The largest absolute Gasteiger partial charge is 0.372 e. The number of hydrogen-bond donors (Lipinski definition) is 1. The number of hydrogen-bond acceptors (Lipinski definition) is 3. The maximum atomic E-state index is 12.0. The van der Waals surface area contributed by atoms with Gasteiger partial charge in [0.2, 0.25) is 5.91 Å². The van der Waals surface area contributed by atoms with E-state index in [2.05, 4.69) is 19.2 Å². The van der Waals surface area contributed by atoms with Gasteiger partial charge in [0.15, 0.2) is 0 Å². The van der Waals surface area contributed by atoms with E-state index >= 15 is 0 Å². The molecule has 1 heterocycles. The van der Waals surface area contributed by atoms with Gasteiger partial charge >= 0.3 is 0 Å². The molecule has 4 heteroatoms. The Labute approximate surface area is 105 Å². The van der Waals surface area contributed by atoms with Crippen molar-refractivity contribution in [2.45, 2.75) is 58.8 Å². The van der Waals surface area contributed by atoms with Crippen molar-refractivity contribution in [1.29, 1.82) is 0 Å². The van der Waals surface area contributed by atoms with Gasteiger partial charge in [-0.2, -0.15) is 0 Å². The highest BCUT2D eigenvalue weighted by Crippen LogP contribution is 2.12. The highest BCUT2D eigenvalue weighted by Gasteiger charge is 2.25. The van der Waals surface area contributed by atoms with Gasteiger partial charge in [0.25, 0.3) is 0 Å². The number of amides is 1. The molecule has 0 saturated carbocycles. The number of carbonyl (C=O) groups excluding carboxylic acids is 1. The second-order valence-corrected chi connectivity index (χ2v) is 5.27. The smallest absolute Gasteiger partial charge is 0.222 e. The minimum Gasteiger partial charge on any atom is -0.372 e. The number of rotatable bonds is 5. The molecule has 0 radical (unpaired) electrons. The Morgan fingerprint density at radius 2 is 1.94 bits per heavy atom. The van der Waals surface area contributed by atoms with Crippen LogP contribution in [0.3, 0.4) is 0 Å². The standard InChI is InChI=1S/C13H26N2O2/c1-10(2)14-7-5-6-13(16)15-8-11(3)17-12(4)9-15/h10-12,14H,5-9H2,1-4H3. The minimum absolute atomic E-state index is 0.163. The Morgan fingerprint density at radius 1 is 1.35 bits per heavy atom. The van der Waals surface area contributed by atoms with Gasteiger partial charge in [-0.3, -0.25) is 4.79 Å². The van der Waals surface area contributed by atoms with Crippen molar-refractivity contribution in [2.24, 2.45) is 0 Å². The van der Waals surface area contributed by atoms with E-state index in [0.29, 0.717) is 12.5 Å². The van der Waals surface area contributed by atoms with Crippen molar-refractivity contribution < 1.29 is 9.53 Å². The van der Waals surface area contributed by atoms with Gasteiger partial charge in [0.05, 0.1) is 12.2 Å². The van der Waals surface area contributed by atoms with E-state index < -0.39 is 0 Å². The predicted molar refractivity (Wildman–Crippen MR) is 69.0 cm³/mol. The molecule has 1 aliphatic heterocycles. The van der Waals surface area contributed by atoms with E-state index in [-0.39, 0.29) is 18.1 Å². The highest BCUT2D eigenvalue weighted by molar-refractivity contribution is 5.76. The van der Waals surface area contributed by atoms with E-state index in [0.717, 1.165) is 26.1 Å². The van der Waals surface area contributed by atoms with Crippen LogP contribution in [0.1, 0.15) is 40.5 Å². The molecule has 0 aromatic heterocycles. The topological polar surface area (TPSA) is 41.6 Å². The molecule has 1 amide bonds. The van der Waals surface area contributed by atoms with E-state index in [9.17, 15) is 4.79 Å². The number of ether oxygens (including phenoxy) is 1. The first-order valence-electron chi connectivity index (χ1n) is 6.65. The van der Waals surface area contributed by atoms with Crippen molar-refractivity contribution >= 4 is 5.91 Å². The summed E-state index contributed by atoms with van der Waals surface area (Å²) in [6.45, 7) is 10.7. The average Bonchev–Trinajstić information content (AvgIpc) is 2.22. The lowest BCUT2D eigenvalue weighted by atomic mass is 10.2. The first kappa shape index (κ1) is 14.5. The molecule has 1 rings (SSSR count). The number of nitrogens with zero attached hydrogens (tertiary/aromatic N) is 1. The summed E-state index contributed by atoms with van der Waals surface area (Å²) in [4.78, 5) is 13.9. The zero-order chi connectivity index (χ0) is 12.8. The van der Waals surface area contributed by atoms with Gasteiger partial charge in [0, 0.05) is 25.6 Å². The Balaban J connectivity index is 2.22. The van der Waals surface area contributed by atoms with Crippen molar-refractivity contribution in [2.75, 3.05) is 19.6 Å². The van der Waals surface area contributed by atoms with Crippen LogP contribution in [0.2, 0.25) is 0 Å². The predicted octanol–water partition coefficient (Wildman–Crippen LogP) is 1.40. The summed E-state index contributed by atoms with van der Waals surface area (Å²) < 4.78 is 5.62. The van der Waals surface area contributed by atoms with E-state index in [4.69, 9.17) is 4.74 Å². The van der Waals surface area contributed by atoms with Crippen molar-refractivity contribution in [3.63, 3.8) is 0 Å². The van der Waals surface area contributed by atoms with Crippen LogP contribution >= 0.6 is 0 Å². The van der Waals surface area contributed by atoms with E-state index in [1.807, 2.05) is 18.7 Å². The van der Waals surface area contributed by atoms with Gasteiger partial charge < -0.3 is 15.0 Å². The summed E-state index contributed by atoms with van der Waals surface area (Å²) in [6, 6.07) is 0.494. The molecule has 4 nitrogen and oxygen atoms in total. The molecule has 2 unspecified atom stereocenters. The fraction of sp³-hybridized carbons (Fsp3) is 0.923. The fourth-order valence-corrected chi connectivity index (χ4v) is 2.17. The first-order valence-corrected chi connectivity index (χ1v) is 6.65. The van der Waals surface area contributed by atoms with Crippen LogP contribution in [0.5, 0.6) is 0 Å². The molecule has 17 heavy (non-hydrogen) atoms. The highest BCUT2D eigenvalue weighted by atomic mass is 16.5. The van der Waals surface area contributed by atoms with Crippen LogP contribution in [0.25, 0.3) is 0 Å². The third-order valence-corrected chi connectivity index (χ3v) is 2.89. The second kappa shape index (κ2) is 6.97. The Morgan fingerprint density at radius 3 is 2.47 bits per heavy atom. The molecule has 1 aliphatic rings. The van der Waals surface area contributed by atoms with Gasteiger partial charge in [-0.15, -0.1) is 0 Å². The quantitative estimate of drug-likeness (QED) is 0.741. The maximum absolute atomic E-state index is 12.0. The van der Waals surface area contributed by atoms with Crippen molar-refractivity contribution in [3.05, 3.63) is 0 Å². The molecule has 0 aromatic carbocycles. The molecule has 1 N–H and O–H groups in total. The lowest BCUT2D eigenvalue weighted by Gasteiger charge is -2.35. The normalized spacial score (nSPS) is 25.4. The van der Waals surface area contributed by atoms with Gasteiger partial charge in [0.1, 0.15) is 0 Å². The van der Waals surface area contributed by atoms with Gasteiger partial charge in [-0.05, 0) is 26.8 Å². The lowest BCUT2D eigenvalue weighted by Crippen LogP contribution is -2.48. The summed E-state index contributed by atoms with van der Waals surface area (Å²) in [5.41, 5.74) is 0. The third kappa shape index (κ3) is 5.50. The minimum atomic E-state index is 0.163. The van der Waals surface area contributed by atoms with Crippen LogP contribution in [-0.4, -0.2) is 48.7 Å². The molecule has 100 valence electrons. The maximum Gasteiger partial charge on any atom is 0.222 e. The first-order chi connectivity index (χ1) is 7.99. The van der Waals surface area contributed by atoms with Gasteiger partial charge in [-0.1, -0.05) is 13.8 Å². The lowest BCUT2D eigenvalue weighted by molar-refractivity contribution is -0.143.